The van der Waals surface area contributed by atoms with Gasteiger partial charge >= 0.3 is 0 Å². The Labute approximate surface area is 178 Å². The molecular formula is C20H31ClN6O2. The number of tetrazole rings is 1. The summed E-state index contributed by atoms with van der Waals surface area (Å²) in [5, 5.41) is 12.8. The van der Waals surface area contributed by atoms with Gasteiger partial charge in [0.2, 0.25) is 0 Å². The van der Waals surface area contributed by atoms with E-state index in [1.807, 2.05) is 4.90 Å². The maximum atomic E-state index is 12.5. The van der Waals surface area contributed by atoms with Crippen LogP contribution in [0.25, 0.3) is 0 Å². The Morgan fingerprint density at radius 2 is 1.97 bits per heavy atom. The molecule has 1 saturated heterocycles. The number of halogens is 1. The molecule has 9 heteroatoms. The normalized spacial score (nSPS) is 19.7. The number of piperazine rings is 1. The number of carbonyl (C=O) groups is 1. The minimum absolute atomic E-state index is 0. The standard InChI is InChI=1S/C20H30N6O2.ClH/c1-2-7-17(19-21-22-23-26(19)16-8-4-3-5-9-16)24-11-13-25(14-12-24)20(27)18-10-6-15-28-18;/h6,10,15-17H,2-5,7-9,11-14H2,1H3;1H. The predicted octanol–water partition coefficient (Wildman–Crippen LogP) is 3.49. The third-order valence-electron chi connectivity index (χ3n) is 6.07. The van der Waals surface area contributed by atoms with Gasteiger partial charge in [0.05, 0.1) is 18.3 Å². The summed E-state index contributed by atoms with van der Waals surface area (Å²) in [5.74, 6) is 1.39. The fourth-order valence-electron chi connectivity index (χ4n) is 4.55. The molecule has 0 spiro atoms. The van der Waals surface area contributed by atoms with Gasteiger partial charge in [0.25, 0.3) is 5.91 Å². The lowest BCUT2D eigenvalue weighted by Gasteiger charge is -2.39. The zero-order valence-electron chi connectivity index (χ0n) is 17.1. The topological polar surface area (TPSA) is 80.3 Å². The number of carbonyl (C=O) groups excluding carboxylic acids is 1. The molecule has 3 heterocycles. The van der Waals surface area contributed by atoms with Crippen molar-refractivity contribution in [3.8, 4) is 0 Å². The predicted molar refractivity (Wildman–Crippen MR) is 111 cm³/mol. The van der Waals surface area contributed by atoms with Gasteiger partial charge in [-0.1, -0.05) is 32.6 Å². The number of rotatable bonds is 6. The van der Waals surface area contributed by atoms with Crippen LogP contribution in [0.15, 0.2) is 22.8 Å². The summed E-state index contributed by atoms with van der Waals surface area (Å²) in [6.07, 6.45) is 9.83. The highest BCUT2D eigenvalue weighted by atomic mass is 35.5. The van der Waals surface area contributed by atoms with Gasteiger partial charge in [-0.2, -0.15) is 0 Å². The highest BCUT2D eigenvalue weighted by Gasteiger charge is 2.32. The van der Waals surface area contributed by atoms with Crippen molar-refractivity contribution in [2.45, 2.75) is 64.0 Å². The van der Waals surface area contributed by atoms with Gasteiger partial charge in [-0.3, -0.25) is 9.69 Å². The third-order valence-corrected chi connectivity index (χ3v) is 6.07. The van der Waals surface area contributed by atoms with Gasteiger partial charge in [0.15, 0.2) is 11.6 Å². The first-order valence-electron chi connectivity index (χ1n) is 10.6. The van der Waals surface area contributed by atoms with Crippen molar-refractivity contribution in [2.75, 3.05) is 26.2 Å². The molecule has 0 bridgehead atoms. The van der Waals surface area contributed by atoms with Crippen molar-refractivity contribution in [1.29, 1.82) is 0 Å². The highest BCUT2D eigenvalue weighted by Crippen LogP contribution is 2.32. The average molecular weight is 423 g/mol. The number of hydrogen-bond donors (Lipinski definition) is 0. The SMILES string of the molecule is CCCC(c1nnnn1C1CCCCC1)N1CCN(C(=O)c2ccco2)CC1.Cl. The maximum Gasteiger partial charge on any atom is 0.289 e. The van der Waals surface area contributed by atoms with Crippen LogP contribution in [0, 0.1) is 0 Å². The second kappa shape index (κ2) is 10.2. The molecule has 0 radical (unpaired) electrons. The fourth-order valence-corrected chi connectivity index (χ4v) is 4.55. The molecule has 1 atom stereocenters. The Hall–Kier alpha value is -1.93. The van der Waals surface area contributed by atoms with E-state index in [2.05, 4.69) is 32.0 Å². The second-order valence-electron chi connectivity index (χ2n) is 7.88. The number of amides is 1. The Morgan fingerprint density at radius 3 is 2.62 bits per heavy atom. The first-order chi connectivity index (χ1) is 13.8. The molecule has 29 heavy (non-hydrogen) atoms. The first kappa shape index (κ1) is 21.8. The van der Waals surface area contributed by atoms with Crippen molar-refractivity contribution < 1.29 is 9.21 Å². The second-order valence-corrected chi connectivity index (χ2v) is 7.88. The number of hydrogen-bond acceptors (Lipinski definition) is 6. The van der Waals surface area contributed by atoms with Gasteiger partial charge in [0.1, 0.15) is 0 Å². The summed E-state index contributed by atoms with van der Waals surface area (Å²) in [7, 11) is 0. The Balaban J connectivity index is 0.00000240. The van der Waals surface area contributed by atoms with Crippen molar-refractivity contribution in [2.24, 2.45) is 0 Å². The summed E-state index contributed by atoms with van der Waals surface area (Å²) in [4.78, 5) is 16.9. The molecule has 1 saturated carbocycles. The molecule has 2 fully saturated rings. The van der Waals surface area contributed by atoms with Crippen LogP contribution in [-0.2, 0) is 0 Å². The summed E-state index contributed by atoms with van der Waals surface area (Å²) in [6.45, 7) is 5.26. The maximum absolute atomic E-state index is 12.5. The Bertz CT molecular complexity index is 751. The summed E-state index contributed by atoms with van der Waals surface area (Å²) >= 11 is 0. The van der Waals surface area contributed by atoms with E-state index in [1.54, 1.807) is 18.4 Å². The smallest absolute Gasteiger partial charge is 0.289 e. The van der Waals surface area contributed by atoms with E-state index in [0.29, 0.717) is 24.9 Å². The third kappa shape index (κ3) is 4.80. The monoisotopic (exact) mass is 422 g/mol. The molecule has 160 valence electrons. The van der Waals surface area contributed by atoms with E-state index in [9.17, 15) is 4.79 Å². The van der Waals surface area contributed by atoms with E-state index in [-0.39, 0.29) is 24.4 Å². The van der Waals surface area contributed by atoms with E-state index >= 15 is 0 Å². The lowest BCUT2D eigenvalue weighted by Crippen LogP contribution is -2.50. The quantitative estimate of drug-likeness (QED) is 0.708. The van der Waals surface area contributed by atoms with Gasteiger partial charge in [-0.15, -0.1) is 17.5 Å². The molecule has 8 nitrogen and oxygen atoms in total. The molecule has 0 aromatic carbocycles. The molecule has 0 N–H and O–H groups in total. The summed E-state index contributed by atoms with van der Waals surface area (Å²) < 4.78 is 7.37. The van der Waals surface area contributed by atoms with Gasteiger partial charge in [-0.25, -0.2) is 4.68 Å². The Kier molecular flexibility index (Phi) is 7.66. The van der Waals surface area contributed by atoms with E-state index in [4.69, 9.17) is 4.42 Å². The fraction of sp³-hybridized carbons (Fsp3) is 0.700. The van der Waals surface area contributed by atoms with E-state index in [1.165, 1.54) is 32.1 Å². The van der Waals surface area contributed by atoms with Crippen LogP contribution in [0.1, 0.15) is 80.3 Å². The molecular weight excluding hydrogens is 392 g/mol. The molecule has 1 amide bonds. The minimum Gasteiger partial charge on any atom is -0.459 e. The zero-order chi connectivity index (χ0) is 19.3. The molecule has 2 aliphatic rings. The van der Waals surface area contributed by atoms with Crippen LogP contribution >= 0.6 is 12.4 Å². The van der Waals surface area contributed by atoms with E-state index in [0.717, 1.165) is 31.8 Å². The lowest BCUT2D eigenvalue weighted by atomic mass is 9.95. The number of nitrogens with zero attached hydrogens (tertiary/aromatic N) is 6. The van der Waals surface area contributed by atoms with Crippen molar-refractivity contribution >= 4 is 18.3 Å². The molecule has 1 aliphatic heterocycles. The number of aromatic nitrogens is 4. The van der Waals surface area contributed by atoms with Crippen LogP contribution in [0.3, 0.4) is 0 Å². The van der Waals surface area contributed by atoms with Crippen molar-refractivity contribution in [3.63, 3.8) is 0 Å². The average Bonchev–Trinajstić information content (AvgIpc) is 3.44. The highest BCUT2D eigenvalue weighted by molar-refractivity contribution is 5.91. The first-order valence-corrected chi connectivity index (χ1v) is 10.6. The van der Waals surface area contributed by atoms with Crippen LogP contribution in [0.4, 0.5) is 0 Å². The van der Waals surface area contributed by atoms with E-state index < -0.39 is 0 Å². The van der Waals surface area contributed by atoms with Crippen LogP contribution in [0.2, 0.25) is 0 Å². The van der Waals surface area contributed by atoms with Crippen molar-refractivity contribution in [3.05, 3.63) is 30.0 Å². The van der Waals surface area contributed by atoms with Crippen LogP contribution < -0.4 is 0 Å². The Morgan fingerprint density at radius 1 is 1.21 bits per heavy atom. The van der Waals surface area contributed by atoms with Crippen LogP contribution in [-0.4, -0.2) is 62.1 Å². The minimum atomic E-state index is -0.0243. The van der Waals surface area contributed by atoms with Crippen LogP contribution in [0.5, 0.6) is 0 Å². The van der Waals surface area contributed by atoms with Gasteiger partial charge in [0, 0.05) is 26.2 Å². The molecule has 4 rings (SSSR count). The zero-order valence-corrected chi connectivity index (χ0v) is 17.9. The summed E-state index contributed by atoms with van der Waals surface area (Å²) in [5.41, 5.74) is 0. The largest absolute Gasteiger partial charge is 0.459 e. The van der Waals surface area contributed by atoms with Gasteiger partial charge in [-0.05, 0) is 41.8 Å². The molecule has 1 unspecified atom stereocenters. The van der Waals surface area contributed by atoms with Gasteiger partial charge < -0.3 is 9.32 Å². The lowest BCUT2D eigenvalue weighted by molar-refractivity contribution is 0.0511. The van der Waals surface area contributed by atoms with Crippen molar-refractivity contribution in [1.82, 2.24) is 30.0 Å². The summed E-state index contributed by atoms with van der Waals surface area (Å²) in [6, 6.07) is 4.13. The molecule has 1 aliphatic carbocycles. The molecule has 2 aromatic rings. The molecule has 2 aromatic heterocycles. The number of furan rings is 1.